The van der Waals surface area contributed by atoms with Crippen LogP contribution in [0.15, 0.2) is 0 Å². The van der Waals surface area contributed by atoms with E-state index in [1.54, 1.807) is 0 Å². The maximum Gasteiger partial charge on any atom is 0.0308 e. The molecule has 2 rings (SSSR count). The fourth-order valence-corrected chi connectivity index (χ4v) is 3.30. The number of nitrogens with one attached hydrogen (secondary N) is 1. The summed E-state index contributed by atoms with van der Waals surface area (Å²) in [4.78, 5) is 2.71. The average Bonchev–Trinajstić information content (AvgIpc) is 2.60. The molecule has 2 aliphatic rings. The van der Waals surface area contributed by atoms with E-state index in [-0.39, 0.29) is 0 Å². The summed E-state index contributed by atoms with van der Waals surface area (Å²) in [6.45, 7) is 8.49. The normalized spacial score (nSPS) is 32.0. The highest BCUT2D eigenvalue weighted by Crippen LogP contribution is 2.32. The van der Waals surface area contributed by atoms with Crippen molar-refractivity contribution in [1.29, 1.82) is 0 Å². The lowest BCUT2D eigenvalue weighted by molar-refractivity contribution is 0.168. The molecule has 1 unspecified atom stereocenters. The van der Waals surface area contributed by atoms with Gasteiger partial charge < -0.3 is 5.32 Å². The number of hydrogen-bond donors (Lipinski definition) is 1. The van der Waals surface area contributed by atoms with Crippen molar-refractivity contribution in [3.05, 3.63) is 0 Å². The molecule has 1 saturated carbocycles. The van der Waals surface area contributed by atoms with E-state index in [4.69, 9.17) is 0 Å². The van der Waals surface area contributed by atoms with Gasteiger partial charge in [0.15, 0.2) is 0 Å². The van der Waals surface area contributed by atoms with Gasteiger partial charge in [0, 0.05) is 18.1 Å². The lowest BCUT2D eigenvalue weighted by Gasteiger charge is -2.35. The predicted octanol–water partition coefficient (Wildman–Crippen LogP) is 2.39. The van der Waals surface area contributed by atoms with Crippen LogP contribution >= 0.6 is 0 Å². The summed E-state index contributed by atoms with van der Waals surface area (Å²) in [7, 11) is 0. The smallest absolute Gasteiger partial charge is 0.0308 e. The molecule has 1 aliphatic carbocycles. The van der Waals surface area contributed by atoms with Gasteiger partial charge in [0.1, 0.15) is 0 Å². The molecule has 1 atom stereocenters. The van der Waals surface area contributed by atoms with Crippen LogP contribution in [-0.4, -0.2) is 36.1 Å². The fraction of sp³-hybridized carbons (Fsp3) is 1.00. The first-order valence-corrected chi connectivity index (χ1v) is 6.75. The summed E-state index contributed by atoms with van der Waals surface area (Å²) in [5.74, 6) is 0. The summed E-state index contributed by atoms with van der Waals surface area (Å²) in [5.41, 5.74) is 0.486. The molecule has 1 heterocycles. The molecule has 2 nitrogen and oxygen atoms in total. The second-order valence-corrected chi connectivity index (χ2v) is 5.52. The SMILES string of the molecule is CCCN1CC2(CCCC2)NCCC1C. The maximum atomic E-state index is 3.83. The Morgan fingerprint density at radius 3 is 2.73 bits per heavy atom. The molecule has 2 fully saturated rings. The Balaban J connectivity index is 2.02. The Morgan fingerprint density at radius 1 is 1.33 bits per heavy atom. The van der Waals surface area contributed by atoms with Crippen molar-refractivity contribution < 1.29 is 0 Å². The van der Waals surface area contributed by atoms with Crippen molar-refractivity contribution in [3.8, 4) is 0 Å². The average molecular weight is 210 g/mol. The van der Waals surface area contributed by atoms with Crippen LogP contribution < -0.4 is 5.32 Å². The minimum absolute atomic E-state index is 0.486. The number of rotatable bonds is 2. The van der Waals surface area contributed by atoms with Crippen LogP contribution in [0.2, 0.25) is 0 Å². The maximum absolute atomic E-state index is 3.83. The van der Waals surface area contributed by atoms with E-state index in [1.807, 2.05) is 0 Å². The molecule has 1 N–H and O–H groups in total. The number of nitrogens with zero attached hydrogens (tertiary/aromatic N) is 1. The van der Waals surface area contributed by atoms with Crippen LogP contribution in [-0.2, 0) is 0 Å². The van der Waals surface area contributed by atoms with Gasteiger partial charge in [0.2, 0.25) is 0 Å². The lowest BCUT2D eigenvalue weighted by atomic mass is 9.97. The molecule has 0 bridgehead atoms. The Labute approximate surface area is 94.4 Å². The molecule has 0 aromatic heterocycles. The molecule has 1 saturated heterocycles. The molecular weight excluding hydrogens is 184 g/mol. The van der Waals surface area contributed by atoms with E-state index in [9.17, 15) is 0 Å². The van der Waals surface area contributed by atoms with Crippen LogP contribution in [0, 0.1) is 0 Å². The summed E-state index contributed by atoms with van der Waals surface area (Å²) >= 11 is 0. The summed E-state index contributed by atoms with van der Waals surface area (Å²) in [6, 6.07) is 0.775. The molecule has 0 aromatic carbocycles. The third-order valence-electron chi connectivity index (χ3n) is 4.26. The molecule has 0 aromatic rings. The Morgan fingerprint density at radius 2 is 2.07 bits per heavy atom. The van der Waals surface area contributed by atoms with Crippen LogP contribution in [0.5, 0.6) is 0 Å². The molecular formula is C13H26N2. The Bertz CT molecular complexity index is 197. The van der Waals surface area contributed by atoms with Crippen molar-refractivity contribution >= 4 is 0 Å². The molecule has 88 valence electrons. The van der Waals surface area contributed by atoms with E-state index in [1.165, 1.54) is 58.2 Å². The third-order valence-corrected chi connectivity index (χ3v) is 4.26. The van der Waals surface area contributed by atoms with Crippen molar-refractivity contribution in [2.45, 2.75) is 64.0 Å². The molecule has 2 heteroatoms. The molecule has 15 heavy (non-hydrogen) atoms. The molecule has 1 aliphatic heterocycles. The summed E-state index contributed by atoms with van der Waals surface area (Å²) in [5, 5.41) is 3.83. The van der Waals surface area contributed by atoms with E-state index in [2.05, 4.69) is 24.1 Å². The first-order chi connectivity index (χ1) is 7.26. The summed E-state index contributed by atoms with van der Waals surface area (Å²) in [6.07, 6.45) is 8.28. The highest BCUT2D eigenvalue weighted by Gasteiger charge is 2.37. The molecule has 0 radical (unpaired) electrons. The second-order valence-electron chi connectivity index (χ2n) is 5.52. The van der Waals surface area contributed by atoms with Crippen LogP contribution in [0.3, 0.4) is 0 Å². The number of hydrogen-bond acceptors (Lipinski definition) is 2. The first kappa shape index (κ1) is 11.4. The highest BCUT2D eigenvalue weighted by molar-refractivity contribution is 4.98. The van der Waals surface area contributed by atoms with Crippen LogP contribution in [0.25, 0.3) is 0 Å². The quantitative estimate of drug-likeness (QED) is 0.753. The molecule has 0 amide bonds. The third kappa shape index (κ3) is 2.54. The van der Waals surface area contributed by atoms with Crippen molar-refractivity contribution in [3.63, 3.8) is 0 Å². The van der Waals surface area contributed by atoms with Gasteiger partial charge in [-0.25, -0.2) is 0 Å². The summed E-state index contributed by atoms with van der Waals surface area (Å²) < 4.78 is 0. The zero-order valence-electron chi connectivity index (χ0n) is 10.4. The zero-order chi connectivity index (χ0) is 10.7. The topological polar surface area (TPSA) is 15.3 Å². The fourth-order valence-electron chi connectivity index (χ4n) is 3.30. The molecule has 1 spiro atoms. The van der Waals surface area contributed by atoms with E-state index in [0.717, 1.165) is 6.04 Å². The first-order valence-electron chi connectivity index (χ1n) is 6.75. The van der Waals surface area contributed by atoms with Crippen LogP contribution in [0.1, 0.15) is 52.4 Å². The van der Waals surface area contributed by atoms with Gasteiger partial charge in [0.05, 0.1) is 0 Å². The highest BCUT2D eigenvalue weighted by atomic mass is 15.2. The van der Waals surface area contributed by atoms with E-state index in [0.29, 0.717) is 5.54 Å². The van der Waals surface area contributed by atoms with Crippen molar-refractivity contribution in [2.75, 3.05) is 19.6 Å². The van der Waals surface area contributed by atoms with Gasteiger partial charge in [-0.1, -0.05) is 19.8 Å². The van der Waals surface area contributed by atoms with E-state index >= 15 is 0 Å². The second kappa shape index (κ2) is 4.84. The predicted molar refractivity (Wildman–Crippen MR) is 65.1 cm³/mol. The van der Waals surface area contributed by atoms with Gasteiger partial charge in [0.25, 0.3) is 0 Å². The van der Waals surface area contributed by atoms with Gasteiger partial charge in [-0.2, -0.15) is 0 Å². The minimum atomic E-state index is 0.486. The van der Waals surface area contributed by atoms with Gasteiger partial charge in [-0.05, 0) is 45.7 Å². The largest absolute Gasteiger partial charge is 0.310 e. The monoisotopic (exact) mass is 210 g/mol. The van der Waals surface area contributed by atoms with Crippen molar-refractivity contribution in [1.82, 2.24) is 10.2 Å². The minimum Gasteiger partial charge on any atom is -0.310 e. The van der Waals surface area contributed by atoms with Gasteiger partial charge in [-0.3, -0.25) is 4.90 Å². The Kier molecular flexibility index (Phi) is 3.68. The van der Waals surface area contributed by atoms with Gasteiger partial charge in [-0.15, -0.1) is 0 Å². The van der Waals surface area contributed by atoms with Crippen LogP contribution in [0.4, 0.5) is 0 Å². The van der Waals surface area contributed by atoms with Gasteiger partial charge >= 0.3 is 0 Å². The Hall–Kier alpha value is -0.0800. The van der Waals surface area contributed by atoms with E-state index < -0.39 is 0 Å². The lowest BCUT2D eigenvalue weighted by Crippen LogP contribution is -2.50. The zero-order valence-corrected chi connectivity index (χ0v) is 10.4. The van der Waals surface area contributed by atoms with Crippen molar-refractivity contribution in [2.24, 2.45) is 0 Å². The standard InChI is InChI=1S/C13H26N2/c1-3-10-15-11-13(7-4-5-8-13)14-9-6-12(15)2/h12,14H,3-11H2,1-2H3.